The quantitative estimate of drug-likeness (QED) is 0.787. The number of benzene rings is 2. The number of fused-ring (bicyclic) bond motifs is 3. The second-order valence-electron chi connectivity index (χ2n) is 6.77. The Labute approximate surface area is 164 Å². The lowest BCUT2D eigenvalue weighted by Gasteiger charge is -2.45. The first-order valence-corrected chi connectivity index (χ1v) is 10.5. The van der Waals surface area contributed by atoms with Crippen molar-refractivity contribution >= 4 is 8.53 Å². The summed E-state index contributed by atoms with van der Waals surface area (Å²) in [6.45, 7) is 0.392. The molecular formula is C20H22NO6P. The molecule has 0 aliphatic carbocycles. The average Bonchev–Trinajstić information content (AvgIpc) is 3.20. The van der Waals surface area contributed by atoms with Crippen molar-refractivity contribution in [2.45, 2.75) is 37.0 Å². The summed E-state index contributed by atoms with van der Waals surface area (Å²) in [6, 6.07) is 19.4. The van der Waals surface area contributed by atoms with Gasteiger partial charge in [-0.2, -0.15) is 0 Å². The SMILES string of the molecule is CNP1OC2C(Oc3ccccc3)OC3COC(c4ccccc4)O[C@@H]3[C@@H]2O1. The third kappa shape index (κ3) is 3.55. The molecule has 5 rings (SSSR count). The fourth-order valence-electron chi connectivity index (χ4n) is 3.64. The molecule has 8 heteroatoms. The van der Waals surface area contributed by atoms with E-state index < -0.39 is 27.2 Å². The van der Waals surface area contributed by atoms with E-state index in [1.165, 1.54) is 0 Å². The summed E-state index contributed by atoms with van der Waals surface area (Å²) in [5.74, 6) is 0.716. The van der Waals surface area contributed by atoms with Gasteiger partial charge in [0.2, 0.25) is 6.29 Å². The van der Waals surface area contributed by atoms with Gasteiger partial charge in [-0.05, 0) is 19.2 Å². The molecule has 0 amide bonds. The van der Waals surface area contributed by atoms with Crippen molar-refractivity contribution in [3.63, 3.8) is 0 Å². The molecule has 7 nitrogen and oxygen atoms in total. The van der Waals surface area contributed by atoms with E-state index in [-0.39, 0.29) is 18.3 Å². The zero-order chi connectivity index (χ0) is 18.9. The molecule has 3 saturated heterocycles. The number of hydrogen-bond acceptors (Lipinski definition) is 7. The van der Waals surface area contributed by atoms with Gasteiger partial charge in [0, 0.05) is 5.56 Å². The average molecular weight is 403 g/mol. The smallest absolute Gasteiger partial charge is 0.256 e. The first kappa shape index (κ1) is 18.5. The Hall–Kier alpha value is -1.57. The van der Waals surface area contributed by atoms with Crippen molar-refractivity contribution in [1.29, 1.82) is 0 Å². The summed E-state index contributed by atoms with van der Waals surface area (Å²) in [5, 5.41) is 3.07. The van der Waals surface area contributed by atoms with Gasteiger partial charge < -0.3 is 28.0 Å². The predicted octanol–water partition coefficient (Wildman–Crippen LogP) is 3.13. The van der Waals surface area contributed by atoms with Crippen LogP contribution in [0, 0.1) is 0 Å². The molecule has 2 aromatic carbocycles. The van der Waals surface area contributed by atoms with Crippen molar-refractivity contribution in [2.75, 3.05) is 13.7 Å². The Balaban J connectivity index is 1.37. The van der Waals surface area contributed by atoms with E-state index in [9.17, 15) is 0 Å². The fourth-order valence-corrected chi connectivity index (χ4v) is 4.80. The summed E-state index contributed by atoms with van der Waals surface area (Å²) < 4.78 is 36.6. The molecule has 5 unspecified atom stereocenters. The van der Waals surface area contributed by atoms with Gasteiger partial charge >= 0.3 is 0 Å². The third-order valence-corrected chi connectivity index (χ3v) is 6.20. The monoisotopic (exact) mass is 403 g/mol. The Morgan fingerprint density at radius 3 is 2.36 bits per heavy atom. The lowest BCUT2D eigenvalue weighted by molar-refractivity contribution is -0.335. The first-order chi connectivity index (χ1) is 13.8. The molecule has 3 aliphatic heterocycles. The highest BCUT2D eigenvalue weighted by Gasteiger charge is 2.57. The van der Waals surface area contributed by atoms with E-state index in [4.69, 9.17) is 28.0 Å². The molecule has 148 valence electrons. The van der Waals surface area contributed by atoms with E-state index in [1.54, 1.807) is 0 Å². The highest BCUT2D eigenvalue weighted by atomic mass is 31.2. The van der Waals surface area contributed by atoms with Crippen LogP contribution in [0.4, 0.5) is 0 Å². The van der Waals surface area contributed by atoms with Gasteiger partial charge in [-0.25, -0.2) is 0 Å². The van der Waals surface area contributed by atoms with Crippen LogP contribution in [0.3, 0.4) is 0 Å². The van der Waals surface area contributed by atoms with E-state index in [1.807, 2.05) is 67.7 Å². The molecule has 0 saturated carbocycles. The van der Waals surface area contributed by atoms with Crippen LogP contribution in [-0.2, 0) is 23.3 Å². The summed E-state index contributed by atoms with van der Waals surface area (Å²) >= 11 is 0. The number of rotatable bonds is 4. The minimum absolute atomic E-state index is 0.301. The van der Waals surface area contributed by atoms with Crippen molar-refractivity contribution < 1.29 is 28.0 Å². The molecule has 0 aromatic heterocycles. The van der Waals surface area contributed by atoms with E-state index >= 15 is 0 Å². The molecule has 0 radical (unpaired) electrons. The van der Waals surface area contributed by atoms with Crippen LogP contribution in [-0.4, -0.2) is 44.4 Å². The topological polar surface area (TPSA) is 67.4 Å². The van der Waals surface area contributed by atoms with Crippen molar-refractivity contribution in [2.24, 2.45) is 0 Å². The molecule has 1 N–H and O–H groups in total. The van der Waals surface area contributed by atoms with Crippen LogP contribution in [0.15, 0.2) is 60.7 Å². The molecule has 3 heterocycles. The highest BCUT2D eigenvalue weighted by Crippen LogP contribution is 2.51. The Morgan fingerprint density at radius 1 is 0.893 bits per heavy atom. The summed E-state index contributed by atoms with van der Waals surface area (Å²) in [5.41, 5.74) is 0.968. The van der Waals surface area contributed by atoms with Gasteiger partial charge in [-0.15, -0.1) is 0 Å². The van der Waals surface area contributed by atoms with Crippen LogP contribution in [0.25, 0.3) is 0 Å². The number of para-hydroxylation sites is 1. The molecule has 2 aromatic rings. The second kappa shape index (κ2) is 8.05. The van der Waals surface area contributed by atoms with E-state index in [0.717, 1.165) is 5.56 Å². The molecule has 3 fully saturated rings. The maximum atomic E-state index is 6.26. The lowest BCUT2D eigenvalue weighted by atomic mass is 9.98. The normalized spacial score (nSPS) is 37.1. The van der Waals surface area contributed by atoms with Crippen LogP contribution < -0.4 is 9.82 Å². The van der Waals surface area contributed by atoms with Crippen LogP contribution in [0.5, 0.6) is 5.75 Å². The first-order valence-electron chi connectivity index (χ1n) is 9.32. The summed E-state index contributed by atoms with van der Waals surface area (Å²) in [4.78, 5) is 0. The van der Waals surface area contributed by atoms with Gasteiger partial charge in [-0.1, -0.05) is 48.5 Å². The van der Waals surface area contributed by atoms with Gasteiger partial charge in [0.15, 0.2) is 12.4 Å². The van der Waals surface area contributed by atoms with Gasteiger partial charge in [0.05, 0.1) is 6.61 Å². The molecule has 3 aliphatic rings. The van der Waals surface area contributed by atoms with Crippen LogP contribution >= 0.6 is 8.53 Å². The molecular weight excluding hydrogens is 381 g/mol. The standard InChI is InChI=1S/C20H22NO6P/c1-21-28-26-17-16-15(12-22-19(25-16)13-8-4-2-5-9-13)24-20(18(17)27-28)23-14-10-6-3-7-11-14/h2-11,15-21H,12H2,1H3/t15?,16-,17-,18?,19?,20?,28?/m0/s1. The molecule has 0 bridgehead atoms. The van der Waals surface area contributed by atoms with Crippen molar-refractivity contribution in [1.82, 2.24) is 5.09 Å². The van der Waals surface area contributed by atoms with E-state index in [0.29, 0.717) is 12.4 Å². The van der Waals surface area contributed by atoms with Crippen LogP contribution in [0.2, 0.25) is 0 Å². The highest BCUT2D eigenvalue weighted by molar-refractivity contribution is 7.45. The Morgan fingerprint density at radius 2 is 1.61 bits per heavy atom. The van der Waals surface area contributed by atoms with Crippen LogP contribution in [0.1, 0.15) is 11.9 Å². The summed E-state index contributed by atoms with van der Waals surface area (Å²) in [7, 11) is 0.585. The predicted molar refractivity (Wildman–Crippen MR) is 101 cm³/mol. The third-order valence-electron chi connectivity index (χ3n) is 4.97. The second-order valence-corrected chi connectivity index (χ2v) is 8.15. The zero-order valence-corrected chi connectivity index (χ0v) is 16.2. The lowest BCUT2D eigenvalue weighted by Crippen LogP contribution is -2.61. The van der Waals surface area contributed by atoms with Gasteiger partial charge in [0.1, 0.15) is 24.1 Å². The maximum absolute atomic E-state index is 6.26. The largest absolute Gasteiger partial charge is 0.462 e. The Kier molecular flexibility index (Phi) is 5.30. The minimum atomic E-state index is -1.23. The minimum Gasteiger partial charge on any atom is -0.462 e. The summed E-state index contributed by atoms with van der Waals surface area (Å²) in [6.07, 6.45) is -2.36. The number of nitrogens with one attached hydrogen (secondary N) is 1. The molecule has 28 heavy (non-hydrogen) atoms. The van der Waals surface area contributed by atoms with E-state index in [2.05, 4.69) is 5.09 Å². The molecule has 7 atom stereocenters. The molecule has 0 spiro atoms. The fraction of sp³-hybridized carbons (Fsp3) is 0.400. The maximum Gasteiger partial charge on any atom is 0.256 e. The Bertz CT molecular complexity index is 781. The number of ether oxygens (including phenoxy) is 4. The van der Waals surface area contributed by atoms with Crippen molar-refractivity contribution in [3.8, 4) is 5.75 Å². The van der Waals surface area contributed by atoms with Crippen molar-refractivity contribution in [3.05, 3.63) is 66.2 Å². The van der Waals surface area contributed by atoms with Gasteiger partial charge in [-0.3, -0.25) is 5.09 Å². The van der Waals surface area contributed by atoms with Gasteiger partial charge in [0.25, 0.3) is 8.53 Å². The number of hydrogen-bond donors (Lipinski definition) is 1. The zero-order valence-electron chi connectivity index (χ0n) is 15.3.